The smallest absolute Gasteiger partial charge is 0.297 e. The minimum atomic E-state index is -3.85. The summed E-state index contributed by atoms with van der Waals surface area (Å²) in [6, 6.07) is 5.91. The molecule has 0 fully saturated rings. The van der Waals surface area contributed by atoms with E-state index in [0.29, 0.717) is 12.0 Å². The lowest BCUT2D eigenvalue weighted by atomic mass is 10.2. The fourth-order valence-corrected chi connectivity index (χ4v) is 2.10. The van der Waals surface area contributed by atoms with Crippen LogP contribution < -0.4 is 0 Å². The molecule has 0 spiro atoms. The van der Waals surface area contributed by atoms with Gasteiger partial charge in [0, 0.05) is 12.5 Å². The predicted molar refractivity (Wildman–Crippen MR) is 60.8 cm³/mol. The van der Waals surface area contributed by atoms with E-state index in [0.717, 1.165) is 6.07 Å². The molecule has 0 heterocycles. The lowest BCUT2D eigenvalue weighted by molar-refractivity contribution is 0.313. The molecule has 1 rings (SSSR count). The van der Waals surface area contributed by atoms with Gasteiger partial charge in [0.25, 0.3) is 10.1 Å². The molecule has 0 aliphatic rings. The van der Waals surface area contributed by atoms with Crippen molar-refractivity contribution < 1.29 is 17.7 Å². The van der Waals surface area contributed by atoms with Gasteiger partial charge in [-0.15, -0.1) is 0 Å². The van der Waals surface area contributed by atoms with E-state index in [-0.39, 0.29) is 23.7 Å². The van der Waals surface area contributed by atoms with E-state index >= 15 is 0 Å². The monoisotopic (exact) mass is 255 g/mol. The van der Waals surface area contributed by atoms with Crippen molar-refractivity contribution in [3.05, 3.63) is 23.8 Å². The third-order valence-corrected chi connectivity index (χ3v) is 3.45. The van der Waals surface area contributed by atoms with Crippen molar-refractivity contribution in [1.82, 2.24) is 0 Å². The molecule has 1 N–H and O–H groups in total. The van der Waals surface area contributed by atoms with Crippen LogP contribution in [0.4, 0.5) is 0 Å². The molecule has 1 aromatic rings. The fraction of sp³-hybridized carbons (Fsp3) is 0.364. The van der Waals surface area contributed by atoms with Crippen molar-refractivity contribution >= 4 is 10.1 Å². The van der Waals surface area contributed by atoms with Crippen molar-refractivity contribution in [3.63, 3.8) is 0 Å². The maximum absolute atomic E-state index is 11.6. The molecule has 92 valence electrons. The van der Waals surface area contributed by atoms with Crippen LogP contribution in [0.2, 0.25) is 0 Å². The zero-order valence-corrected chi connectivity index (χ0v) is 10.2. The van der Waals surface area contributed by atoms with Gasteiger partial charge in [0.1, 0.15) is 5.75 Å². The highest BCUT2D eigenvalue weighted by Gasteiger charge is 2.16. The van der Waals surface area contributed by atoms with Crippen LogP contribution in [0.25, 0.3) is 0 Å². The third kappa shape index (κ3) is 3.73. The lowest BCUT2D eigenvalue weighted by Gasteiger charge is -2.06. The van der Waals surface area contributed by atoms with Gasteiger partial charge in [0.2, 0.25) is 0 Å². The molecule has 5 nitrogen and oxygen atoms in total. The zero-order valence-electron chi connectivity index (χ0n) is 9.38. The summed E-state index contributed by atoms with van der Waals surface area (Å²) in [5, 5.41) is 17.7. The van der Waals surface area contributed by atoms with Crippen LogP contribution in [0.3, 0.4) is 0 Å². The van der Waals surface area contributed by atoms with Crippen LogP contribution in [-0.2, 0) is 14.3 Å². The van der Waals surface area contributed by atoms with Crippen LogP contribution >= 0.6 is 0 Å². The van der Waals surface area contributed by atoms with E-state index in [2.05, 4.69) is 0 Å². The van der Waals surface area contributed by atoms with Gasteiger partial charge in [0.05, 0.1) is 17.6 Å². The number of hydrogen-bond acceptors (Lipinski definition) is 5. The maximum Gasteiger partial charge on any atom is 0.297 e. The summed E-state index contributed by atoms with van der Waals surface area (Å²) >= 11 is 0. The number of aromatic hydroxyl groups is 1. The Kier molecular flexibility index (Phi) is 4.49. The molecule has 0 aliphatic heterocycles. The average Bonchev–Trinajstić information content (AvgIpc) is 2.28. The van der Waals surface area contributed by atoms with Gasteiger partial charge >= 0.3 is 0 Å². The highest BCUT2D eigenvalue weighted by molar-refractivity contribution is 7.86. The Labute approximate surface area is 100 Å². The van der Waals surface area contributed by atoms with Crippen molar-refractivity contribution in [1.29, 1.82) is 5.26 Å². The molecule has 0 unspecified atom stereocenters. The summed E-state index contributed by atoms with van der Waals surface area (Å²) in [6.07, 6.45) is 0.599. The molecular formula is C11H13NO4S. The Morgan fingerprint density at radius 2 is 2.18 bits per heavy atom. The minimum Gasteiger partial charge on any atom is -0.508 e. The Hall–Kier alpha value is -1.58. The second-order valence-corrected chi connectivity index (χ2v) is 5.10. The number of unbranched alkanes of at least 4 members (excludes halogenated alkanes) is 1. The summed E-state index contributed by atoms with van der Waals surface area (Å²) in [5.41, 5.74) is 0.591. The number of nitrogens with zero attached hydrogens (tertiary/aromatic N) is 1. The number of hydrogen-bond donors (Lipinski definition) is 1. The molecule has 0 radical (unpaired) electrons. The zero-order chi connectivity index (χ0) is 12.9. The first-order valence-corrected chi connectivity index (χ1v) is 6.44. The number of phenolic OH excluding ortho intramolecular Hbond substituents is 1. The second kappa shape index (κ2) is 5.66. The standard InChI is InChI=1S/C11H13NO4S/c1-9-4-5-10(8-11(9)13)17(14,15)16-7-3-2-6-12/h4-5,8,13H,2-3,7H2,1H3. The molecule has 1 aromatic carbocycles. The van der Waals surface area contributed by atoms with Crippen molar-refractivity contribution in [3.8, 4) is 11.8 Å². The Balaban J connectivity index is 2.76. The summed E-state index contributed by atoms with van der Waals surface area (Å²) in [5.74, 6) is -0.0910. The molecule has 6 heteroatoms. The Bertz CT molecular complexity index is 531. The largest absolute Gasteiger partial charge is 0.508 e. The van der Waals surface area contributed by atoms with Gasteiger partial charge in [-0.2, -0.15) is 13.7 Å². The first-order valence-electron chi connectivity index (χ1n) is 5.03. The summed E-state index contributed by atoms with van der Waals surface area (Å²) < 4.78 is 28.0. The number of aryl methyl sites for hydroxylation is 1. The summed E-state index contributed by atoms with van der Waals surface area (Å²) in [6.45, 7) is 1.63. The number of benzene rings is 1. The number of nitriles is 1. The van der Waals surface area contributed by atoms with E-state index in [9.17, 15) is 13.5 Å². The van der Waals surface area contributed by atoms with Gasteiger partial charge < -0.3 is 5.11 Å². The SMILES string of the molecule is Cc1ccc(S(=O)(=O)OCCCC#N)cc1O. The lowest BCUT2D eigenvalue weighted by Crippen LogP contribution is -2.07. The second-order valence-electron chi connectivity index (χ2n) is 3.49. The number of phenols is 1. The maximum atomic E-state index is 11.6. The van der Waals surface area contributed by atoms with E-state index < -0.39 is 10.1 Å². The molecular weight excluding hydrogens is 242 g/mol. The van der Waals surface area contributed by atoms with Gasteiger partial charge in [-0.1, -0.05) is 6.07 Å². The van der Waals surface area contributed by atoms with Crippen LogP contribution in [0.15, 0.2) is 23.1 Å². The first-order chi connectivity index (χ1) is 7.97. The van der Waals surface area contributed by atoms with Gasteiger partial charge in [-0.05, 0) is 25.0 Å². The molecule has 0 saturated carbocycles. The van der Waals surface area contributed by atoms with E-state index in [1.54, 1.807) is 6.92 Å². The fourth-order valence-electron chi connectivity index (χ4n) is 1.13. The van der Waals surface area contributed by atoms with Gasteiger partial charge in [-0.25, -0.2) is 0 Å². The molecule has 0 aliphatic carbocycles. The Morgan fingerprint density at radius 1 is 1.47 bits per heavy atom. The average molecular weight is 255 g/mol. The summed E-state index contributed by atoms with van der Waals surface area (Å²) in [4.78, 5) is -0.0856. The van der Waals surface area contributed by atoms with Gasteiger partial charge in [0.15, 0.2) is 0 Å². The minimum absolute atomic E-state index is 0.0372. The first kappa shape index (κ1) is 13.5. The topological polar surface area (TPSA) is 87.4 Å². The third-order valence-electron chi connectivity index (χ3n) is 2.14. The normalized spacial score (nSPS) is 11.1. The molecule has 17 heavy (non-hydrogen) atoms. The highest BCUT2D eigenvalue weighted by Crippen LogP contribution is 2.22. The van der Waals surface area contributed by atoms with Crippen LogP contribution in [0.5, 0.6) is 5.75 Å². The predicted octanol–water partition coefficient (Wildman–Crippen LogP) is 1.71. The molecule has 0 saturated heterocycles. The number of rotatable bonds is 5. The van der Waals surface area contributed by atoms with E-state index in [4.69, 9.17) is 9.44 Å². The molecule has 0 aromatic heterocycles. The van der Waals surface area contributed by atoms with Crippen LogP contribution in [0, 0.1) is 18.3 Å². The van der Waals surface area contributed by atoms with Crippen LogP contribution in [0.1, 0.15) is 18.4 Å². The van der Waals surface area contributed by atoms with Crippen molar-refractivity contribution in [2.45, 2.75) is 24.7 Å². The van der Waals surface area contributed by atoms with Crippen molar-refractivity contribution in [2.75, 3.05) is 6.61 Å². The van der Waals surface area contributed by atoms with E-state index in [1.165, 1.54) is 12.1 Å². The molecule has 0 amide bonds. The van der Waals surface area contributed by atoms with Crippen LogP contribution in [-0.4, -0.2) is 20.1 Å². The quantitative estimate of drug-likeness (QED) is 0.639. The van der Waals surface area contributed by atoms with E-state index in [1.807, 2.05) is 6.07 Å². The molecule has 0 bridgehead atoms. The van der Waals surface area contributed by atoms with Gasteiger partial charge in [-0.3, -0.25) is 4.18 Å². The Morgan fingerprint density at radius 3 is 2.76 bits per heavy atom. The van der Waals surface area contributed by atoms with Crippen molar-refractivity contribution in [2.24, 2.45) is 0 Å². The summed E-state index contributed by atoms with van der Waals surface area (Å²) in [7, 11) is -3.85. The highest BCUT2D eigenvalue weighted by atomic mass is 32.2. The molecule has 0 atom stereocenters.